The Hall–Kier alpha value is -2.96. The minimum Gasteiger partial charge on any atom is -0.464 e. The summed E-state index contributed by atoms with van der Waals surface area (Å²) in [6, 6.07) is 8.12. The number of rotatable bonds is 3. The first-order chi connectivity index (χ1) is 11.2. The Bertz CT molecular complexity index is 819. The molecule has 7 heteroatoms. The van der Waals surface area contributed by atoms with Crippen molar-refractivity contribution >= 4 is 11.9 Å². The fourth-order valence-electron chi connectivity index (χ4n) is 1.87. The fourth-order valence-corrected chi connectivity index (χ4v) is 1.87. The van der Waals surface area contributed by atoms with Gasteiger partial charge in [-0.2, -0.15) is 0 Å². The van der Waals surface area contributed by atoms with Crippen LogP contribution in [0.15, 0.2) is 35.1 Å². The van der Waals surface area contributed by atoms with E-state index in [1.54, 1.807) is 18.2 Å². The van der Waals surface area contributed by atoms with Crippen molar-refractivity contribution in [1.82, 2.24) is 9.97 Å². The van der Waals surface area contributed by atoms with E-state index in [0.717, 1.165) is 7.11 Å². The number of methoxy groups -OCH3 is 1. The number of carbonyl (C=O) groups excluding carboxylic acids is 2. The zero-order chi connectivity index (χ0) is 17.9. The first-order valence-electron chi connectivity index (χ1n) is 7.24. The summed E-state index contributed by atoms with van der Waals surface area (Å²) in [7, 11) is 1.16. The molecule has 7 nitrogen and oxygen atoms in total. The Morgan fingerprint density at radius 1 is 1.08 bits per heavy atom. The van der Waals surface area contributed by atoms with Crippen LogP contribution in [0.2, 0.25) is 0 Å². The van der Waals surface area contributed by atoms with Crippen LogP contribution in [0.1, 0.15) is 47.4 Å². The van der Waals surface area contributed by atoms with Crippen LogP contribution in [0.3, 0.4) is 0 Å². The summed E-state index contributed by atoms with van der Waals surface area (Å²) in [4.78, 5) is 43.1. The van der Waals surface area contributed by atoms with Crippen molar-refractivity contribution in [3.63, 3.8) is 0 Å². The zero-order valence-corrected chi connectivity index (χ0v) is 13.9. The van der Waals surface area contributed by atoms with Gasteiger partial charge in [-0.25, -0.2) is 14.6 Å². The third-order valence-electron chi connectivity index (χ3n) is 3.17. The van der Waals surface area contributed by atoms with Crippen LogP contribution in [0, 0.1) is 0 Å². The van der Waals surface area contributed by atoms with Crippen LogP contribution >= 0.6 is 0 Å². The second-order valence-corrected chi connectivity index (χ2v) is 6.09. The number of aromatic nitrogens is 2. The highest BCUT2D eigenvalue weighted by Crippen LogP contribution is 2.21. The number of nitrogens with one attached hydrogen (secondary N) is 1. The number of aromatic amines is 1. The van der Waals surface area contributed by atoms with E-state index in [9.17, 15) is 14.4 Å². The summed E-state index contributed by atoms with van der Waals surface area (Å²) in [6.45, 7) is 5.46. The number of ether oxygens (including phenoxy) is 2. The van der Waals surface area contributed by atoms with E-state index in [0.29, 0.717) is 0 Å². The number of carbonyl (C=O) groups is 2. The molecule has 0 spiro atoms. The predicted octanol–water partition coefficient (Wildman–Crippen LogP) is 2.07. The van der Waals surface area contributed by atoms with E-state index in [1.807, 2.05) is 20.8 Å². The fraction of sp³-hybridized carbons (Fsp3) is 0.294. The number of hydrogen-bond acceptors (Lipinski definition) is 6. The molecule has 1 N–H and O–H groups in total. The molecular weight excluding hydrogens is 312 g/mol. The van der Waals surface area contributed by atoms with Gasteiger partial charge in [0.25, 0.3) is 5.56 Å². The summed E-state index contributed by atoms with van der Waals surface area (Å²) < 4.78 is 9.75. The largest absolute Gasteiger partial charge is 0.464 e. The van der Waals surface area contributed by atoms with Gasteiger partial charge in [0.1, 0.15) is 5.82 Å². The molecule has 2 aromatic rings. The Morgan fingerprint density at radius 3 is 2.25 bits per heavy atom. The third kappa shape index (κ3) is 3.68. The summed E-state index contributed by atoms with van der Waals surface area (Å²) in [5.74, 6) is -1.82. The minimum atomic E-state index is -0.859. The molecule has 2 rings (SSSR count). The lowest BCUT2D eigenvalue weighted by Crippen LogP contribution is -2.28. The number of benzene rings is 1. The molecule has 24 heavy (non-hydrogen) atoms. The lowest BCUT2D eigenvalue weighted by molar-refractivity contribution is 0.0583. The Balaban J connectivity index is 2.51. The van der Waals surface area contributed by atoms with Gasteiger partial charge in [0, 0.05) is 5.41 Å². The van der Waals surface area contributed by atoms with Gasteiger partial charge >= 0.3 is 11.9 Å². The van der Waals surface area contributed by atoms with Crippen LogP contribution in [0.5, 0.6) is 5.75 Å². The van der Waals surface area contributed by atoms with Crippen molar-refractivity contribution in [3.8, 4) is 5.75 Å². The molecule has 0 amide bonds. The van der Waals surface area contributed by atoms with Gasteiger partial charge in [-0.1, -0.05) is 39.0 Å². The molecule has 0 saturated heterocycles. The van der Waals surface area contributed by atoms with Crippen LogP contribution in [0.4, 0.5) is 0 Å². The molecule has 0 radical (unpaired) electrons. The second-order valence-electron chi connectivity index (χ2n) is 6.09. The van der Waals surface area contributed by atoms with Crippen LogP contribution in [0.25, 0.3) is 0 Å². The van der Waals surface area contributed by atoms with Crippen molar-refractivity contribution in [2.45, 2.75) is 26.2 Å². The van der Waals surface area contributed by atoms with Crippen LogP contribution in [-0.4, -0.2) is 29.0 Å². The molecule has 0 aliphatic heterocycles. The van der Waals surface area contributed by atoms with Crippen molar-refractivity contribution in [3.05, 3.63) is 57.8 Å². The molecule has 1 heterocycles. The Morgan fingerprint density at radius 2 is 1.71 bits per heavy atom. The summed E-state index contributed by atoms with van der Waals surface area (Å²) in [5, 5.41) is 0. The van der Waals surface area contributed by atoms with Gasteiger partial charge in [0.15, 0.2) is 5.69 Å². The summed E-state index contributed by atoms with van der Waals surface area (Å²) in [5.41, 5.74) is -1.33. The topological polar surface area (TPSA) is 98.3 Å². The molecule has 0 saturated carbocycles. The average Bonchev–Trinajstić information content (AvgIpc) is 2.55. The molecule has 126 valence electrons. The van der Waals surface area contributed by atoms with Crippen LogP contribution in [-0.2, 0) is 10.2 Å². The number of nitrogens with zero attached hydrogens (tertiary/aromatic N) is 1. The molecule has 0 aliphatic rings. The van der Waals surface area contributed by atoms with Crippen molar-refractivity contribution in [2.75, 3.05) is 7.11 Å². The van der Waals surface area contributed by atoms with E-state index < -0.39 is 28.7 Å². The Kier molecular flexibility index (Phi) is 4.82. The highest BCUT2D eigenvalue weighted by Gasteiger charge is 2.27. The maximum Gasteiger partial charge on any atom is 0.360 e. The first-order valence-corrected chi connectivity index (χ1v) is 7.24. The van der Waals surface area contributed by atoms with Gasteiger partial charge < -0.3 is 14.5 Å². The molecule has 1 aromatic heterocycles. The highest BCUT2D eigenvalue weighted by molar-refractivity contribution is 5.94. The standard InChI is InChI=1S/C17H18N2O5/c1-17(2,3)16-18-11(15(22)23-4)12(13(20)19-16)24-14(21)10-8-6-5-7-9-10/h5-9H,1-4H3,(H,18,19,20). The van der Waals surface area contributed by atoms with E-state index >= 15 is 0 Å². The summed E-state index contributed by atoms with van der Waals surface area (Å²) in [6.07, 6.45) is 0. The molecule has 0 fully saturated rings. The SMILES string of the molecule is COC(=O)c1nc(C(C)(C)C)[nH]c(=O)c1OC(=O)c1ccccc1. The molecular formula is C17H18N2O5. The molecule has 0 aliphatic carbocycles. The number of esters is 2. The van der Waals surface area contributed by atoms with Crippen LogP contribution < -0.4 is 10.3 Å². The number of H-pyrrole nitrogens is 1. The minimum absolute atomic E-state index is 0.243. The normalized spacial score (nSPS) is 11.0. The lowest BCUT2D eigenvalue weighted by Gasteiger charge is -2.18. The average molecular weight is 330 g/mol. The second kappa shape index (κ2) is 6.66. The van der Waals surface area contributed by atoms with Gasteiger partial charge in [-0.3, -0.25) is 4.79 Å². The molecule has 0 unspecified atom stereocenters. The first kappa shape index (κ1) is 17.4. The van der Waals surface area contributed by atoms with Gasteiger partial charge in [0.05, 0.1) is 12.7 Å². The smallest absolute Gasteiger partial charge is 0.360 e. The van der Waals surface area contributed by atoms with E-state index in [-0.39, 0.29) is 17.1 Å². The van der Waals surface area contributed by atoms with E-state index in [2.05, 4.69) is 14.7 Å². The van der Waals surface area contributed by atoms with Gasteiger partial charge in [-0.15, -0.1) is 0 Å². The monoisotopic (exact) mass is 330 g/mol. The van der Waals surface area contributed by atoms with Crippen molar-refractivity contribution in [1.29, 1.82) is 0 Å². The van der Waals surface area contributed by atoms with Crippen molar-refractivity contribution < 1.29 is 19.1 Å². The third-order valence-corrected chi connectivity index (χ3v) is 3.17. The molecule has 0 bridgehead atoms. The lowest BCUT2D eigenvalue weighted by atomic mass is 9.95. The molecule has 0 atom stereocenters. The van der Waals surface area contributed by atoms with E-state index in [4.69, 9.17) is 4.74 Å². The maximum atomic E-state index is 12.3. The predicted molar refractivity (Wildman–Crippen MR) is 86.3 cm³/mol. The van der Waals surface area contributed by atoms with Crippen molar-refractivity contribution in [2.24, 2.45) is 0 Å². The van der Waals surface area contributed by atoms with Gasteiger partial charge in [-0.05, 0) is 12.1 Å². The highest BCUT2D eigenvalue weighted by atomic mass is 16.5. The quantitative estimate of drug-likeness (QED) is 0.865. The number of hydrogen-bond donors (Lipinski definition) is 1. The van der Waals surface area contributed by atoms with E-state index in [1.165, 1.54) is 12.1 Å². The zero-order valence-electron chi connectivity index (χ0n) is 13.9. The summed E-state index contributed by atoms with van der Waals surface area (Å²) >= 11 is 0. The van der Waals surface area contributed by atoms with Gasteiger partial charge in [0.2, 0.25) is 5.75 Å². The molecule has 1 aromatic carbocycles. The maximum absolute atomic E-state index is 12.3. The Labute approximate surface area is 138 Å².